The molecule has 5 heteroatoms. The number of ether oxygens (including phenoxy) is 1. The number of nitrogen functional groups attached to an aromatic ring is 1. The number of nitrogens with two attached hydrogens (primary N) is 1. The van der Waals surface area contributed by atoms with E-state index < -0.39 is 0 Å². The van der Waals surface area contributed by atoms with E-state index in [1.54, 1.807) is 7.11 Å². The number of amides is 1. The van der Waals surface area contributed by atoms with E-state index in [1.807, 2.05) is 47.4 Å². The first-order valence-corrected chi connectivity index (χ1v) is 8.84. The number of benzene rings is 2. The number of anilines is 1. The minimum Gasteiger partial charge on any atom is -0.496 e. The molecule has 26 heavy (non-hydrogen) atoms. The molecule has 2 N–H and O–H groups in total. The number of hydrogen-bond acceptors (Lipinski definition) is 4. The summed E-state index contributed by atoms with van der Waals surface area (Å²) in [6.07, 6.45) is 2.15. The minimum atomic E-state index is 0.0251. The van der Waals surface area contributed by atoms with Crippen molar-refractivity contribution < 1.29 is 9.53 Å². The molecule has 0 saturated heterocycles. The van der Waals surface area contributed by atoms with Gasteiger partial charge in [-0.1, -0.05) is 36.4 Å². The smallest absolute Gasteiger partial charge is 0.258 e. The SMILES string of the molecule is COc1ccccc1-c1cccc2c(N)c3c(nc12)CN(C1CC1)C3=O. The maximum absolute atomic E-state index is 12.8. The molecule has 5 rings (SSSR count). The largest absolute Gasteiger partial charge is 0.496 e. The van der Waals surface area contributed by atoms with Gasteiger partial charge < -0.3 is 15.4 Å². The van der Waals surface area contributed by atoms with Crippen LogP contribution >= 0.6 is 0 Å². The fourth-order valence-electron chi connectivity index (χ4n) is 3.86. The normalized spacial score (nSPS) is 16.2. The van der Waals surface area contributed by atoms with Crippen molar-refractivity contribution in [3.63, 3.8) is 0 Å². The minimum absolute atomic E-state index is 0.0251. The second-order valence-corrected chi connectivity index (χ2v) is 6.91. The van der Waals surface area contributed by atoms with Crippen molar-refractivity contribution in [2.45, 2.75) is 25.4 Å². The maximum Gasteiger partial charge on any atom is 0.258 e. The summed E-state index contributed by atoms with van der Waals surface area (Å²) in [5.74, 6) is 0.814. The van der Waals surface area contributed by atoms with Crippen molar-refractivity contribution in [2.24, 2.45) is 0 Å². The third-order valence-corrected chi connectivity index (χ3v) is 5.31. The van der Waals surface area contributed by atoms with Gasteiger partial charge in [-0.2, -0.15) is 0 Å². The molecule has 0 unspecified atom stereocenters. The zero-order valence-corrected chi connectivity index (χ0v) is 14.5. The molecule has 1 saturated carbocycles. The molecular formula is C21H19N3O2. The van der Waals surface area contributed by atoms with Gasteiger partial charge in [-0.15, -0.1) is 0 Å². The summed E-state index contributed by atoms with van der Waals surface area (Å²) in [5, 5.41) is 0.818. The van der Waals surface area contributed by atoms with Crippen LogP contribution in [0.1, 0.15) is 28.9 Å². The number of aromatic nitrogens is 1. The molecule has 2 aromatic carbocycles. The highest BCUT2D eigenvalue weighted by Crippen LogP contribution is 2.41. The molecule has 5 nitrogen and oxygen atoms in total. The lowest BCUT2D eigenvalue weighted by Crippen LogP contribution is -2.26. The van der Waals surface area contributed by atoms with E-state index in [4.69, 9.17) is 15.5 Å². The Bertz CT molecular complexity index is 1060. The third-order valence-electron chi connectivity index (χ3n) is 5.31. The molecule has 3 aromatic rings. The Labute approximate surface area is 151 Å². The lowest BCUT2D eigenvalue weighted by atomic mass is 9.98. The lowest BCUT2D eigenvalue weighted by molar-refractivity contribution is 0.0767. The average molecular weight is 345 g/mol. The van der Waals surface area contributed by atoms with Gasteiger partial charge in [-0.3, -0.25) is 4.79 Å². The van der Waals surface area contributed by atoms with Gasteiger partial charge in [-0.25, -0.2) is 4.98 Å². The quantitative estimate of drug-likeness (QED) is 0.787. The summed E-state index contributed by atoms with van der Waals surface area (Å²) >= 11 is 0. The average Bonchev–Trinajstić information content (AvgIpc) is 3.45. The van der Waals surface area contributed by atoms with Gasteiger partial charge in [0.2, 0.25) is 0 Å². The summed E-state index contributed by atoms with van der Waals surface area (Å²) in [4.78, 5) is 19.6. The maximum atomic E-state index is 12.8. The first kappa shape index (κ1) is 15.2. The van der Waals surface area contributed by atoms with E-state index >= 15 is 0 Å². The van der Waals surface area contributed by atoms with Gasteiger partial charge in [-0.05, 0) is 18.9 Å². The first-order valence-electron chi connectivity index (χ1n) is 8.84. The van der Waals surface area contributed by atoms with Gasteiger partial charge >= 0.3 is 0 Å². The summed E-state index contributed by atoms with van der Waals surface area (Å²) in [6.45, 7) is 0.555. The van der Waals surface area contributed by atoms with Crippen LogP contribution in [0.4, 0.5) is 5.69 Å². The Morgan fingerprint density at radius 3 is 2.65 bits per heavy atom. The fraction of sp³-hybridized carbons (Fsp3) is 0.238. The molecule has 2 heterocycles. The van der Waals surface area contributed by atoms with Crippen LogP contribution in [0.15, 0.2) is 42.5 Å². The molecule has 130 valence electrons. The number of carbonyl (C=O) groups is 1. The Hall–Kier alpha value is -3.08. The van der Waals surface area contributed by atoms with Crippen LogP contribution in [0.2, 0.25) is 0 Å². The van der Waals surface area contributed by atoms with Gasteiger partial charge in [0.1, 0.15) is 5.75 Å². The van der Waals surface area contributed by atoms with Gasteiger partial charge in [0.25, 0.3) is 5.91 Å². The highest BCUT2D eigenvalue weighted by Gasteiger charge is 2.40. The predicted molar refractivity (Wildman–Crippen MR) is 101 cm³/mol. The first-order chi connectivity index (χ1) is 12.7. The van der Waals surface area contributed by atoms with Gasteiger partial charge in [0.15, 0.2) is 0 Å². The molecule has 1 fully saturated rings. The second-order valence-electron chi connectivity index (χ2n) is 6.91. The number of para-hydroxylation sites is 2. The monoisotopic (exact) mass is 345 g/mol. The zero-order chi connectivity index (χ0) is 17.8. The third kappa shape index (κ3) is 2.10. The van der Waals surface area contributed by atoms with E-state index in [1.165, 1.54) is 0 Å². The van der Waals surface area contributed by atoms with E-state index in [2.05, 4.69) is 0 Å². The number of carbonyl (C=O) groups excluding carboxylic acids is 1. The van der Waals surface area contributed by atoms with Crippen molar-refractivity contribution >= 4 is 22.5 Å². The second kappa shape index (κ2) is 5.46. The van der Waals surface area contributed by atoms with Crippen molar-refractivity contribution in [3.05, 3.63) is 53.7 Å². The molecule has 0 spiro atoms. The molecule has 1 aliphatic carbocycles. The van der Waals surface area contributed by atoms with Crippen LogP contribution < -0.4 is 10.5 Å². The zero-order valence-electron chi connectivity index (χ0n) is 14.5. The summed E-state index contributed by atoms with van der Waals surface area (Å²) in [7, 11) is 1.66. The lowest BCUT2D eigenvalue weighted by Gasteiger charge is -2.13. The van der Waals surface area contributed by atoms with E-state index in [9.17, 15) is 4.79 Å². The standard InChI is InChI=1S/C21H19N3O2/c1-26-17-8-3-2-5-13(17)14-6-4-7-15-19(22)18-16(23-20(14)15)11-24(21(18)25)12-9-10-12/h2-8,12H,9-11H2,1H3,(H2,22,23). The van der Waals surface area contributed by atoms with Crippen LogP contribution in [0.25, 0.3) is 22.0 Å². The predicted octanol–water partition coefficient (Wildman–Crippen LogP) is 3.61. The van der Waals surface area contributed by atoms with Crippen molar-refractivity contribution in [1.82, 2.24) is 9.88 Å². The molecule has 0 radical (unpaired) electrons. The molecule has 0 atom stereocenters. The van der Waals surface area contributed by atoms with Crippen molar-refractivity contribution in [3.8, 4) is 16.9 Å². The fourth-order valence-corrected chi connectivity index (χ4v) is 3.86. The Morgan fingerprint density at radius 2 is 1.88 bits per heavy atom. The highest BCUT2D eigenvalue weighted by molar-refractivity contribution is 6.11. The van der Waals surface area contributed by atoms with Crippen LogP contribution in [-0.4, -0.2) is 28.9 Å². The summed E-state index contributed by atoms with van der Waals surface area (Å²) in [6, 6.07) is 14.1. The van der Waals surface area contributed by atoms with E-state index in [0.29, 0.717) is 23.8 Å². The van der Waals surface area contributed by atoms with Gasteiger partial charge in [0, 0.05) is 22.6 Å². The number of pyridine rings is 1. The number of nitrogens with zero attached hydrogens (tertiary/aromatic N) is 2. The van der Waals surface area contributed by atoms with Crippen LogP contribution in [-0.2, 0) is 6.54 Å². The number of fused-ring (bicyclic) bond motifs is 2. The topological polar surface area (TPSA) is 68.5 Å². The molecule has 0 bridgehead atoms. The van der Waals surface area contributed by atoms with Crippen LogP contribution in [0.5, 0.6) is 5.75 Å². The number of hydrogen-bond donors (Lipinski definition) is 1. The number of methoxy groups -OCH3 is 1. The molecule has 1 amide bonds. The number of rotatable bonds is 3. The highest BCUT2D eigenvalue weighted by atomic mass is 16.5. The van der Waals surface area contributed by atoms with Gasteiger partial charge in [0.05, 0.1) is 36.1 Å². The molecule has 1 aromatic heterocycles. The van der Waals surface area contributed by atoms with Crippen LogP contribution in [0, 0.1) is 0 Å². The Morgan fingerprint density at radius 1 is 1.12 bits per heavy atom. The van der Waals surface area contributed by atoms with E-state index in [0.717, 1.165) is 46.3 Å². The van der Waals surface area contributed by atoms with E-state index in [-0.39, 0.29) is 5.91 Å². The molecule has 2 aliphatic rings. The summed E-state index contributed by atoms with van der Waals surface area (Å²) < 4.78 is 5.52. The summed E-state index contributed by atoms with van der Waals surface area (Å²) in [5.41, 5.74) is 11.1. The van der Waals surface area contributed by atoms with Crippen molar-refractivity contribution in [1.29, 1.82) is 0 Å². The van der Waals surface area contributed by atoms with Crippen molar-refractivity contribution in [2.75, 3.05) is 12.8 Å². The van der Waals surface area contributed by atoms with Crippen LogP contribution in [0.3, 0.4) is 0 Å². The molecular weight excluding hydrogens is 326 g/mol. The molecule has 1 aliphatic heterocycles. The Balaban J connectivity index is 1.75. The Kier molecular flexibility index (Phi) is 3.19.